The first-order valence-corrected chi connectivity index (χ1v) is 9.94. The van der Waals surface area contributed by atoms with Crippen LogP contribution in [0.4, 0.5) is 10.2 Å². The van der Waals surface area contributed by atoms with Crippen molar-refractivity contribution in [1.29, 1.82) is 5.41 Å². The van der Waals surface area contributed by atoms with Gasteiger partial charge in [0.25, 0.3) is 0 Å². The lowest BCUT2D eigenvalue weighted by atomic mass is 9.93. The fourth-order valence-corrected chi connectivity index (χ4v) is 3.72. The van der Waals surface area contributed by atoms with E-state index in [-0.39, 0.29) is 18.0 Å². The molecule has 1 unspecified atom stereocenters. The van der Waals surface area contributed by atoms with Gasteiger partial charge in [-0.1, -0.05) is 12.1 Å². The summed E-state index contributed by atoms with van der Waals surface area (Å²) >= 11 is 0. The molecule has 4 N–H and O–H groups in total. The van der Waals surface area contributed by atoms with Gasteiger partial charge in [-0.25, -0.2) is 9.37 Å². The van der Waals surface area contributed by atoms with E-state index in [2.05, 4.69) is 20.7 Å². The summed E-state index contributed by atoms with van der Waals surface area (Å²) in [6.45, 7) is 3.75. The Hall–Kier alpha value is -3.75. The van der Waals surface area contributed by atoms with Crippen LogP contribution in [0.1, 0.15) is 42.5 Å². The molecule has 2 aromatic heterocycles. The average Bonchev–Trinajstić information content (AvgIpc) is 3.16. The van der Waals surface area contributed by atoms with Crippen molar-refractivity contribution in [2.24, 2.45) is 5.10 Å². The van der Waals surface area contributed by atoms with Crippen LogP contribution in [0.25, 0.3) is 11.1 Å². The van der Waals surface area contributed by atoms with Gasteiger partial charge in [-0.3, -0.25) is 5.41 Å². The fraction of sp³-hybridized carbons (Fsp3) is 0.273. The number of aromatic nitrogens is 2. The van der Waals surface area contributed by atoms with E-state index in [1.807, 2.05) is 6.92 Å². The van der Waals surface area contributed by atoms with Crippen molar-refractivity contribution in [3.63, 3.8) is 0 Å². The second kappa shape index (κ2) is 8.17. The molecule has 0 amide bonds. The quantitative estimate of drug-likeness (QED) is 0.542. The lowest BCUT2D eigenvalue weighted by Gasteiger charge is -2.21. The van der Waals surface area contributed by atoms with E-state index in [0.717, 1.165) is 11.1 Å². The van der Waals surface area contributed by atoms with Crippen LogP contribution < -0.4 is 15.9 Å². The Bertz CT molecular complexity index is 1190. The second-order valence-electron chi connectivity index (χ2n) is 7.21. The van der Waals surface area contributed by atoms with Gasteiger partial charge in [0.05, 0.1) is 17.1 Å². The number of nitrogens with one attached hydrogen (secondary N) is 2. The highest BCUT2D eigenvalue weighted by Crippen LogP contribution is 2.36. The Kier molecular flexibility index (Phi) is 5.41. The van der Waals surface area contributed by atoms with E-state index < -0.39 is 11.9 Å². The van der Waals surface area contributed by atoms with E-state index in [1.165, 1.54) is 12.1 Å². The summed E-state index contributed by atoms with van der Waals surface area (Å²) in [6.07, 6.45) is 1.91. The number of fused-ring (bicyclic) bond motifs is 5. The lowest BCUT2D eigenvalue weighted by molar-refractivity contribution is 0.227. The summed E-state index contributed by atoms with van der Waals surface area (Å²) in [6, 6.07) is 6.02. The number of benzene rings is 1. The van der Waals surface area contributed by atoms with Crippen molar-refractivity contribution in [1.82, 2.24) is 15.6 Å². The standard InChI is InChI=1S/C22H23FN6O2/c1-4-18-20-12-7-19(22(25)27-10-12)30-11(2)15-8-13(23)5-6-14(15)21(24)17(28-26-3)9-16(20)29-31-18/h5-8,10-11,24,26H,4,9H2,1-3H3,(H2,25,27)/b24-21?,28-17-. The van der Waals surface area contributed by atoms with Crippen LogP contribution in [-0.4, -0.2) is 28.6 Å². The molecule has 160 valence electrons. The van der Waals surface area contributed by atoms with Crippen molar-refractivity contribution in [3.8, 4) is 16.9 Å². The van der Waals surface area contributed by atoms with Gasteiger partial charge >= 0.3 is 0 Å². The Labute approximate surface area is 178 Å². The van der Waals surface area contributed by atoms with Gasteiger partial charge in [0.1, 0.15) is 17.7 Å². The Balaban J connectivity index is 1.99. The molecule has 4 rings (SSSR count). The van der Waals surface area contributed by atoms with Crippen molar-refractivity contribution >= 4 is 17.2 Å². The molecule has 0 spiro atoms. The third kappa shape index (κ3) is 3.74. The molecule has 1 atom stereocenters. The monoisotopic (exact) mass is 422 g/mol. The van der Waals surface area contributed by atoms with Gasteiger partial charge in [-0.15, -0.1) is 0 Å². The topological polar surface area (TPSA) is 122 Å². The smallest absolute Gasteiger partial charge is 0.166 e. The average molecular weight is 422 g/mol. The number of nitrogen functional groups attached to an aromatic ring is 1. The zero-order valence-electron chi connectivity index (χ0n) is 17.5. The lowest BCUT2D eigenvalue weighted by Crippen LogP contribution is -2.23. The molecule has 0 radical (unpaired) electrons. The molecule has 2 bridgehead atoms. The number of ether oxygens (including phenoxy) is 1. The maximum absolute atomic E-state index is 14.1. The SMILES string of the molecule is CCc1onc2c1-c1cnc(N)c(c1)OC(C)c1cc(F)ccc1C(=N)/C(=N\NC)C2. The van der Waals surface area contributed by atoms with Crippen molar-refractivity contribution in [2.75, 3.05) is 12.8 Å². The summed E-state index contributed by atoms with van der Waals surface area (Å²) < 4.78 is 25.8. The molecular weight excluding hydrogens is 399 g/mol. The molecule has 8 nitrogen and oxygen atoms in total. The van der Waals surface area contributed by atoms with Crippen LogP contribution >= 0.6 is 0 Å². The van der Waals surface area contributed by atoms with Gasteiger partial charge in [-0.05, 0) is 31.2 Å². The number of nitrogens with zero attached hydrogens (tertiary/aromatic N) is 3. The summed E-state index contributed by atoms with van der Waals surface area (Å²) in [4.78, 5) is 4.29. The molecule has 0 saturated heterocycles. The van der Waals surface area contributed by atoms with Crippen molar-refractivity contribution < 1.29 is 13.7 Å². The number of pyridine rings is 1. The number of anilines is 1. The molecule has 1 aliphatic rings. The molecule has 0 fully saturated rings. The minimum atomic E-state index is -0.590. The molecule has 3 heterocycles. The van der Waals surface area contributed by atoms with Gasteiger partial charge in [0, 0.05) is 48.3 Å². The van der Waals surface area contributed by atoms with Crippen LogP contribution in [0.15, 0.2) is 40.1 Å². The summed E-state index contributed by atoms with van der Waals surface area (Å²) in [7, 11) is 1.66. The highest BCUT2D eigenvalue weighted by atomic mass is 19.1. The molecule has 0 saturated carbocycles. The minimum Gasteiger partial charge on any atom is -0.482 e. The molecule has 0 aliphatic carbocycles. The first-order chi connectivity index (χ1) is 14.9. The minimum absolute atomic E-state index is 0.141. The van der Waals surface area contributed by atoms with Crippen molar-refractivity contribution in [2.45, 2.75) is 32.8 Å². The van der Waals surface area contributed by atoms with E-state index in [1.54, 1.807) is 32.3 Å². The molecular formula is C22H23FN6O2. The second-order valence-corrected chi connectivity index (χ2v) is 7.21. The van der Waals surface area contributed by atoms with Crippen LogP contribution in [0, 0.1) is 11.2 Å². The number of halogens is 1. The van der Waals surface area contributed by atoms with E-state index in [4.69, 9.17) is 20.4 Å². The molecule has 31 heavy (non-hydrogen) atoms. The Morgan fingerprint density at radius 2 is 2.16 bits per heavy atom. The van der Waals surface area contributed by atoms with Crippen LogP contribution in [0.3, 0.4) is 0 Å². The predicted molar refractivity (Wildman–Crippen MR) is 116 cm³/mol. The molecule has 1 aromatic carbocycles. The van der Waals surface area contributed by atoms with E-state index in [9.17, 15) is 4.39 Å². The highest BCUT2D eigenvalue weighted by molar-refractivity contribution is 6.47. The Morgan fingerprint density at radius 3 is 2.90 bits per heavy atom. The van der Waals surface area contributed by atoms with Gasteiger partial charge in [0.15, 0.2) is 11.6 Å². The van der Waals surface area contributed by atoms with Crippen LogP contribution in [0.5, 0.6) is 5.75 Å². The van der Waals surface area contributed by atoms with Gasteiger partial charge < -0.3 is 20.4 Å². The normalized spacial score (nSPS) is 17.2. The number of nitrogens with two attached hydrogens (primary N) is 1. The summed E-state index contributed by atoms with van der Waals surface area (Å²) in [5.74, 6) is 0.850. The third-order valence-corrected chi connectivity index (χ3v) is 5.22. The van der Waals surface area contributed by atoms with Gasteiger partial charge in [-0.2, -0.15) is 5.10 Å². The number of hydrogen-bond donors (Lipinski definition) is 3. The van der Waals surface area contributed by atoms with E-state index in [0.29, 0.717) is 40.5 Å². The third-order valence-electron chi connectivity index (χ3n) is 5.22. The Morgan fingerprint density at radius 1 is 1.35 bits per heavy atom. The first-order valence-electron chi connectivity index (χ1n) is 9.94. The molecule has 1 aliphatic heterocycles. The summed E-state index contributed by atoms with van der Waals surface area (Å²) in [5.41, 5.74) is 12.5. The predicted octanol–water partition coefficient (Wildman–Crippen LogP) is 3.66. The highest BCUT2D eigenvalue weighted by Gasteiger charge is 2.26. The number of hydrazone groups is 1. The van der Waals surface area contributed by atoms with Crippen LogP contribution in [-0.2, 0) is 12.8 Å². The maximum atomic E-state index is 14.1. The molecule has 9 heteroatoms. The zero-order valence-corrected chi connectivity index (χ0v) is 17.5. The number of hydrogen-bond acceptors (Lipinski definition) is 8. The first kappa shape index (κ1) is 20.5. The fourth-order valence-electron chi connectivity index (χ4n) is 3.72. The number of rotatable bonds is 2. The van der Waals surface area contributed by atoms with Gasteiger partial charge in [0.2, 0.25) is 0 Å². The number of aryl methyl sites for hydroxylation is 1. The van der Waals surface area contributed by atoms with Crippen LogP contribution in [0.2, 0.25) is 0 Å². The summed E-state index contributed by atoms with van der Waals surface area (Å²) in [5, 5.41) is 17.4. The van der Waals surface area contributed by atoms with Crippen molar-refractivity contribution in [3.05, 3.63) is 58.9 Å². The maximum Gasteiger partial charge on any atom is 0.166 e. The van der Waals surface area contributed by atoms with E-state index >= 15 is 0 Å². The largest absolute Gasteiger partial charge is 0.482 e. The zero-order chi connectivity index (χ0) is 22.1. The molecule has 3 aromatic rings.